The van der Waals surface area contributed by atoms with E-state index in [9.17, 15) is 19.5 Å². The molecule has 6 atom stereocenters. The van der Waals surface area contributed by atoms with Gasteiger partial charge in [0.1, 0.15) is 11.6 Å². The summed E-state index contributed by atoms with van der Waals surface area (Å²) in [5, 5.41) is 10.3. The number of nitrogens with zero attached hydrogens (tertiary/aromatic N) is 3. The number of ether oxygens (including phenoxy) is 1. The minimum Gasteiger partial charge on any atom is -0.394 e. The summed E-state index contributed by atoms with van der Waals surface area (Å²) in [7, 11) is 1.72. The zero-order valence-electron chi connectivity index (χ0n) is 20.5. The molecule has 8 heteroatoms. The van der Waals surface area contributed by atoms with Crippen molar-refractivity contribution in [3.8, 4) is 0 Å². The Labute approximate surface area is 196 Å². The number of likely N-dealkylation sites (N-methyl/N-ethyl adjacent to an activating group) is 1. The molecule has 8 nitrogen and oxygen atoms in total. The highest BCUT2D eigenvalue weighted by Gasteiger charge is 2.72. The largest absolute Gasteiger partial charge is 0.394 e. The number of aliphatic hydroxyl groups is 1. The van der Waals surface area contributed by atoms with Crippen LogP contribution in [0.15, 0.2) is 24.3 Å². The molecule has 1 N–H and O–H groups in total. The Morgan fingerprint density at radius 2 is 1.82 bits per heavy atom. The number of amides is 3. The van der Waals surface area contributed by atoms with Crippen molar-refractivity contribution in [3.63, 3.8) is 0 Å². The van der Waals surface area contributed by atoms with E-state index in [0.29, 0.717) is 19.5 Å². The number of hydrogen-bond donors (Lipinski definition) is 1. The Kier molecular flexibility index (Phi) is 5.98. The minimum absolute atomic E-state index is 0.150. The average Bonchev–Trinajstić information content (AvgIpc) is 3.04. The zero-order chi connectivity index (χ0) is 24.3. The number of carbonyl (C=O) groups is 3. The lowest BCUT2D eigenvalue weighted by Gasteiger charge is -2.42. The predicted octanol–water partition coefficient (Wildman–Crippen LogP) is 1.20. The highest BCUT2D eigenvalue weighted by Crippen LogP contribution is 2.54. The third-order valence-electron chi connectivity index (χ3n) is 7.46. The molecule has 0 aromatic rings. The van der Waals surface area contributed by atoms with E-state index in [4.69, 9.17) is 4.74 Å². The fraction of sp³-hybridized carbons (Fsp3) is 0.720. The fourth-order valence-electron chi connectivity index (χ4n) is 6.02. The topological polar surface area (TPSA) is 90.4 Å². The number of aliphatic hydroxyl groups excluding tert-OH is 1. The maximum Gasteiger partial charge on any atom is 0.249 e. The van der Waals surface area contributed by atoms with E-state index < -0.39 is 41.2 Å². The first kappa shape index (κ1) is 24.0. The van der Waals surface area contributed by atoms with Crippen molar-refractivity contribution in [1.82, 2.24) is 14.7 Å². The average molecular weight is 460 g/mol. The van der Waals surface area contributed by atoms with Gasteiger partial charge in [0.05, 0.1) is 30.6 Å². The van der Waals surface area contributed by atoms with Gasteiger partial charge in [-0.2, -0.15) is 0 Å². The molecule has 0 aliphatic carbocycles. The van der Waals surface area contributed by atoms with Crippen LogP contribution in [0.4, 0.5) is 0 Å². The van der Waals surface area contributed by atoms with Gasteiger partial charge in [-0.25, -0.2) is 0 Å². The number of rotatable bonds is 4. The number of likely N-dealkylation sites (tertiary alicyclic amines) is 1. The summed E-state index contributed by atoms with van der Waals surface area (Å²) in [5.41, 5.74) is -1.71. The normalized spacial score (nSPS) is 35.0. The first-order valence-electron chi connectivity index (χ1n) is 12.0. The Morgan fingerprint density at radius 1 is 1.12 bits per heavy atom. The maximum atomic E-state index is 14.1. The molecule has 0 bridgehead atoms. The van der Waals surface area contributed by atoms with E-state index in [-0.39, 0.29) is 30.2 Å². The SMILES string of the molecule is CC(C)C[C@H](CO)N1C(=O)[C@@H]2[C@H]3C(=O)N(C)CC=C[C@H]3O[C@@]23C=CCN(C(C)(C)C)C(=O)C13. The van der Waals surface area contributed by atoms with Gasteiger partial charge in [0.25, 0.3) is 0 Å². The van der Waals surface area contributed by atoms with Gasteiger partial charge in [0, 0.05) is 25.7 Å². The van der Waals surface area contributed by atoms with E-state index in [2.05, 4.69) is 0 Å². The number of carbonyl (C=O) groups excluding carboxylic acids is 3. The van der Waals surface area contributed by atoms with Crippen LogP contribution in [0, 0.1) is 17.8 Å². The number of hydrogen-bond acceptors (Lipinski definition) is 5. The molecule has 33 heavy (non-hydrogen) atoms. The van der Waals surface area contributed by atoms with Crippen LogP contribution >= 0.6 is 0 Å². The number of fused-ring (bicyclic) bond motifs is 2. The lowest BCUT2D eigenvalue weighted by atomic mass is 9.77. The predicted molar refractivity (Wildman–Crippen MR) is 123 cm³/mol. The van der Waals surface area contributed by atoms with Gasteiger partial charge >= 0.3 is 0 Å². The zero-order valence-corrected chi connectivity index (χ0v) is 20.5. The molecule has 0 aromatic carbocycles. The van der Waals surface area contributed by atoms with Gasteiger partial charge in [-0.3, -0.25) is 14.4 Å². The summed E-state index contributed by atoms with van der Waals surface area (Å²) < 4.78 is 6.58. The van der Waals surface area contributed by atoms with Gasteiger partial charge in [-0.1, -0.05) is 38.2 Å². The second kappa shape index (κ2) is 8.24. The van der Waals surface area contributed by atoms with Crippen molar-refractivity contribution in [2.75, 3.05) is 26.7 Å². The van der Waals surface area contributed by atoms with E-state index in [1.807, 2.05) is 58.9 Å². The van der Waals surface area contributed by atoms with E-state index in [1.165, 1.54) is 0 Å². The highest BCUT2D eigenvalue weighted by atomic mass is 16.5. The molecule has 0 aromatic heterocycles. The van der Waals surface area contributed by atoms with Gasteiger partial charge in [0.2, 0.25) is 17.7 Å². The van der Waals surface area contributed by atoms with Crippen LogP contribution in [0.2, 0.25) is 0 Å². The monoisotopic (exact) mass is 459 g/mol. The Bertz CT molecular complexity index is 891. The molecule has 2 fully saturated rings. The first-order chi connectivity index (χ1) is 15.4. The Balaban J connectivity index is 1.88. The highest BCUT2D eigenvalue weighted by molar-refractivity contribution is 6.00. The molecule has 1 unspecified atom stereocenters. The van der Waals surface area contributed by atoms with E-state index >= 15 is 0 Å². The van der Waals surface area contributed by atoms with Crippen molar-refractivity contribution < 1.29 is 24.2 Å². The summed E-state index contributed by atoms with van der Waals surface area (Å²) in [6.45, 7) is 10.5. The Hall–Kier alpha value is -2.19. The first-order valence-corrected chi connectivity index (χ1v) is 12.0. The summed E-state index contributed by atoms with van der Waals surface area (Å²) >= 11 is 0. The second-order valence-electron chi connectivity index (χ2n) is 11.2. The van der Waals surface area contributed by atoms with Crippen LogP contribution in [-0.2, 0) is 19.1 Å². The second-order valence-corrected chi connectivity index (χ2v) is 11.2. The van der Waals surface area contributed by atoms with Crippen LogP contribution in [0.1, 0.15) is 41.0 Å². The van der Waals surface area contributed by atoms with Crippen LogP contribution in [0.25, 0.3) is 0 Å². The summed E-state index contributed by atoms with van der Waals surface area (Å²) in [6.07, 6.45) is 7.47. The molecule has 4 heterocycles. The van der Waals surface area contributed by atoms with Gasteiger partial charge in [-0.15, -0.1) is 0 Å². The van der Waals surface area contributed by atoms with Crippen LogP contribution in [0.3, 0.4) is 0 Å². The minimum atomic E-state index is -1.24. The van der Waals surface area contributed by atoms with Crippen molar-refractivity contribution in [1.29, 1.82) is 0 Å². The summed E-state index contributed by atoms with van der Waals surface area (Å²) in [4.78, 5) is 46.5. The standard InChI is InChI=1S/C25H37N3O5/c1-15(2)13-16(14-29)28-20-23(32)27(24(3,4)5)12-8-10-25(20)19(22(28)31)18-17(33-25)9-7-11-26(6)21(18)30/h7-10,15-20,29H,11-14H2,1-6H3/t16-,17-,18+,19+,20?,25+/m1/s1. The molecular weight excluding hydrogens is 422 g/mol. The third-order valence-corrected chi connectivity index (χ3v) is 7.46. The van der Waals surface area contributed by atoms with Crippen LogP contribution in [0.5, 0.6) is 0 Å². The molecule has 0 radical (unpaired) electrons. The summed E-state index contributed by atoms with van der Waals surface area (Å²) in [5.74, 6) is -1.94. The van der Waals surface area contributed by atoms with Gasteiger partial charge < -0.3 is 24.5 Å². The molecule has 4 rings (SSSR count). The van der Waals surface area contributed by atoms with Crippen LogP contribution < -0.4 is 0 Å². The molecular formula is C25H37N3O5. The van der Waals surface area contributed by atoms with Crippen molar-refractivity contribution in [2.24, 2.45) is 17.8 Å². The van der Waals surface area contributed by atoms with Crippen molar-refractivity contribution in [3.05, 3.63) is 24.3 Å². The summed E-state index contributed by atoms with van der Waals surface area (Å²) in [6, 6.07) is -1.46. The molecule has 0 saturated carbocycles. The maximum absolute atomic E-state index is 14.1. The fourth-order valence-corrected chi connectivity index (χ4v) is 6.02. The quantitative estimate of drug-likeness (QED) is 0.638. The molecule has 4 aliphatic rings. The van der Waals surface area contributed by atoms with E-state index in [1.54, 1.807) is 21.7 Å². The van der Waals surface area contributed by atoms with Crippen molar-refractivity contribution >= 4 is 17.7 Å². The lowest BCUT2D eigenvalue weighted by molar-refractivity contribution is -0.154. The smallest absolute Gasteiger partial charge is 0.249 e. The van der Waals surface area contributed by atoms with E-state index in [0.717, 1.165) is 0 Å². The molecule has 1 spiro atoms. The molecule has 3 amide bonds. The molecule has 4 aliphatic heterocycles. The third kappa shape index (κ3) is 3.62. The molecule has 182 valence electrons. The lowest BCUT2D eigenvalue weighted by Crippen LogP contribution is -2.60. The molecule has 2 saturated heterocycles. The van der Waals surface area contributed by atoms with Crippen molar-refractivity contribution in [2.45, 2.75) is 70.4 Å². The Morgan fingerprint density at radius 3 is 2.42 bits per heavy atom. The van der Waals surface area contributed by atoms with Crippen LogP contribution in [-0.4, -0.2) is 93.6 Å². The van der Waals surface area contributed by atoms with Gasteiger partial charge in [0.15, 0.2) is 0 Å². The van der Waals surface area contributed by atoms with Gasteiger partial charge in [-0.05, 0) is 33.1 Å².